The molecular formula is C17H28NO5+. The fourth-order valence-electron chi connectivity index (χ4n) is 5.48. The summed E-state index contributed by atoms with van der Waals surface area (Å²) in [6, 6.07) is 0. The predicted molar refractivity (Wildman–Crippen MR) is 81.7 cm³/mol. The molecule has 0 spiro atoms. The molecule has 0 aromatic rings. The fourth-order valence-corrected chi connectivity index (χ4v) is 5.48. The van der Waals surface area contributed by atoms with E-state index in [1.807, 2.05) is 0 Å². The molecule has 4 aliphatic rings. The molecule has 23 heavy (non-hydrogen) atoms. The predicted octanol–water partition coefficient (Wildman–Crippen LogP) is 3.18. The summed E-state index contributed by atoms with van der Waals surface area (Å²) in [4.78, 5) is 24.2. The largest absolute Gasteiger partial charge is 0.550 e. The molecule has 6 nitrogen and oxygen atoms in total. The first-order chi connectivity index (χ1) is 10.5. The van der Waals surface area contributed by atoms with Gasteiger partial charge < -0.3 is 9.84 Å². The van der Waals surface area contributed by atoms with E-state index in [1.165, 1.54) is 0 Å². The first-order valence-electron chi connectivity index (χ1n) is 8.59. The quantitative estimate of drug-likeness (QED) is 0.473. The van der Waals surface area contributed by atoms with Gasteiger partial charge in [-0.15, -0.1) is 0 Å². The van der Waals surface area contributed by atoms with Crippen LogP contribution < -0.4 is 0 Å². The number of amides is 1. The lowest BCUT2D eigenvalue weighted by Crippen LogP contribution is -2.72. The third-order valence-corrected chi connectivity index (χ3v) is 5.85. The zero-order chi connectivity index (χ0) is 17.0. The zero-order valence-corrected chi connectivity index (χ0v) is 14.2. The van der Waals surface area contributed by atoms with Gasteiger partial charge in [-0.25, -0.2) is 10.0 Å². The van der Waals surface area contributed by atoms with Crippen molar-refractivity contribution in [1.29, 1.82) is 0 Å². The number of hydroxylamine groups is 3. The third kappa shape index (κ3) is 2.87. The second-order valence-corrected chi connectivity index (χ2v) is 8.94. The summed E-state index contributed by atoms with van der Waals surface area (Å²) >= 11 is 0. The summed E-state index contributed by atoms with van der Waals surface area (Å²) in [6.07, 6.45) is 4.82. The van der Waals surface area contributed by atoms with E-state index >= 15 is 0 Å². The molecule has 0 radical (unpaired) electrons. The van der Waals surface area contributed by atoms with Crippen molar-refractivity contribution in [3.8, 4) is 0 Å². The molecule has 0 aromatic heterocycles. The highest BCUT2D eigenvalue weighted by molar-refractivity contribution is 5.71. The Hall–Kier alpha value is -1.14. The van der Waals surface area contributed by atoms with Crippen molar-refractivity contribution in [2.75, 3.05) is 6.54 Å². The van der Waals surface area contributed by atoms with Gasteiger partial charge >= 0.3 is 12.1 Å². The van der Waals surface area contributed by atoms with Crippen molar-refractivity contribution in [1.82, 2.24) is 0 Å². The average Bonchev–Trinajstić information content (AvgIpc) is 2.33. The molecule has 2 N–H and O–H groups in total. The average molecular weight is 326 g/mol. The van der Waals surface area contributed by atoms with E-state index in [0.717, 1.165) is 38.5 Å². The van der Waals surface area contributed by atoms with Crippen LogP contribution in [-0.2, 0) is 9.53 Å². The van der Waals surface area contributed by atoms with E-state index < -0.39 is 34.4 Å². The highest BCUT2D eigenvalue weighted by Gasteiger charge is 2.66. The van der Waals surface area contributed by atoms with Gasteiger partial charge in [-0.05, 0) is 57.8 Å². The lowest BCUT2D eigenvalue weighted by Gasteiger charge is -2.58. The lowest BCUT2D eigenvalue weighted by atomic mass is 9.52. The van der Waals surface area contributed by atoms with Gasteiger partial charge in [-0.1, -0.05) is 4.65 Å². The smallest absolute Gasteiger partial charge is 0.477 e. The number of nitrogens with zero attached hydrogens (tertiary/aromatic N) is 1. The van der Waals surface area contributed by atoms with E-state index in [0.29, 0.717) is 17.8 Å². The minimum atomic E-state index is -1.17. The Morgan fingerprint density at radius 3 is 1.87 bits per heavy atom. The van der Waals surface area contributed by atoms with Gasteiger partial charge in [0.15, 0.2) is 0 Å². The number of aliphatic carboxylic acids is 1. The van der Waals surface area contributed by atoms with Crippen LogP contribution >= 0.6 is 0 Å². The lowest BCUT2D eigenvalue weighted by molar-refractivity contribution is -1.08. The van der Waals surface area contributed by atoms with Crippen molar-refractivity contribution >= 4 is 12.1 Å². The van der Waals surface area contributed by atoms with Crippen molar-refractivity contribution < 1.29 is 29.3 Å². The van der Waals surface area contributed by atoms with Crippen LogP contribution in [0.5, 0.6) is 0 Å². The van der Waals surface area contributed by atoms with E-state index in [2.05, 4.69) is 0 Å². The fraction of sp³-hybridized carbons (Fsp3) is 0.882. The summed E-state index contributed by atoms with van der Waals surface area (Å²) in [5, 5.41) is 20.6. The number of hydrogen-bond donors (Lipinski definition) is 2. The Kier molecular flexibility index (Phi) is 3.76. The minimum absolute atomic E-state index is 0.502. The molecule has 0 aliphatic heterocycles. The first kappa shape index (κ1) is 16.7. The normalized spacial score (nSPS) is 38.2. The monoisotopic (exact) mass is 326 g/mol. The van der Waals surface area contributed by atoms with Gasteiger partial charge in [0.25, 0.3) is 0 Å². The summed E-state index contributed by atoms with van der Waals surface area (Å²) in [6.45, 7) is 4.57. The number of quaternary nitrogens is 1. The van der Waals surface area contributed by atoms with E-state index in [1.54, 1.807) is 20.8 Å². The molecule has 0 aromatic carbocycles. The Bertz CT molecular complexity index is 488. The summed E-state index contributed by atoms with van der Waals surface area (Å²) in [5.41, 5.74) is -1.44. The third-order valence-electron chi connectivity index (χ3n) is 5.85. The molecular weight excluding hydrogens is 298 g/mol. The van der Waals surface area contributed by atoms with Crippen LogP contribution in [-0.4, -0.2) is 44.7 Å². The van der Waals surface area contributed by atoms with Crippen LogP contribution in [0.2, 0.25) is 0 Å². The first-order valence-corrected chi connectivity index (χ1v) is 8.59. The maximum Gasteiger partial charge on any atom is 0.550 e. The van der Waals surface area contributed by atoms with Gasteiger partial charge in [0.2, 0.25) is 6.54 Å². The SMILES string of the molecule is CC(C)(C)OC(=O)[N+](O)(CC(=O)O)C12CC3CC(CC(C3)C1)C2. The van der Waals surface area contributed by atoms with Gasteiger partial charge in [0.05, 0.1) is 0 Å². The maximum atomic E-state index is 12.8. The Balaban J connectivity index is 1.95. The second kappa shape index (κ2) is 5.18. The summed E-state index contributed by atoms with van der Waals surface area (Å²) in [5.74, 6) is 0.334. The molecule has 0 heterocycles. The molecule has 0 saturated heterocycles. The number of carboxylic acids is 1. The molecule has 4 rings (SSSR count). The van der Waals surface area contributed by atoms with Crippen LogP contribution in [0.4, 0.5) is 4.79 Å². The second-order valence-electron chi connectivity index (χ2n) is 8.94. The van der Waals surface area contributed by atoms with Crippen LogP contribution in [0.15, 0.2) is 0 Å². The number of ether oxygens (including phenoxy) is 1. The van der Waals surface area contributed by atoms with Gasteiger partial charge in [-0.2, -0.15) is 4.79 Å². The number of hydrogen-bond acceptors (Lipinski definition) is 4. The number of carbonyl (C=O) groups is 2. The van der Waals surface area contributed by atoms with Crippen molar-refractivity contribution in [2.24, 2.45) is 17.8 Å². The zero-order valence-electron chi connectivity index (χ0n) is 14.2. The number of carboxylic acid groups (broad SMARTS) is 1. The topological polar surface area (TPSA) is 83.8 Å². The van der Waals surface area contributed by atoms with Gasteiger partial charge in [0.1, 0.15) is 11.1 Å². The Labute approximate surface area is 137 Å². The molecule has 1 amide bonds. The Morgan fingerprint density at radius 1 is 1.09 bits per heavy atom. The van der Waals surface area contributed by atoms with Crippen LogP contribution in [0.1, 0.15) is 59.3 Å². The van der Waals surface area contributed by atoms with Crippen LogP contribution in [0.25, 0.3) is 0 Å². The molecule has 4 aliphatic carbocycles. The van der Waals surface area contributed by atoms with Gasteiger partial charge in [0, 0.05) is 19.3 Å². The van der Waals surface area contributed by atoms with E-state index in [9.17, 15) is 19.9 Å². The maximum absolute atomic E-state index is 12.8. The molecule has 1 unspecified atom stereocenters. The highest BCUT2D eigenvalue weighted by Crippen LogP contribution is 2.59. The van der Waals surface area contributed by atoms with Crippen molar-refractivity contribution in [3.63, 3.8) is 0 Å². The highest BCUT2D eigenvalue weighted by atomic mass is 16.7. The van der Waals surface area contributed by atoms with Crippen molar-refractivity contribution in [3.05, 3.63) is 0 Å². The molecule has 1 atom stereocenters. The molecule has 4 bridgehead atoms. The molecule has 4 saturated carbocycles. The Morgan fingerprint density at radius 2 is 1.52 bits per heavy atom. The summed E-state index contributed by atoms with van der Waals surface area (Å²) in [7, 11) is 0. The van der Waals surface area contributed by atoms with Crippen LogP contribution in [0, 0.1) is 17.8 Å². The molecule has 4 fully saturated rings. The van der Waals surface area contributed by atoms with Crippen LogP contribution in [0.3, 0.4) is 0 Å². The van der Waals surface area contributed by atoms with E-state index in [4.69, 9.17) is 4.74 Å². The number of carbonyl (C=O) groups excluding carboxylic acids is 1. The van der Waals surface area contributed by atoms with Gasteiger partial charge in [-0.3, -0.25) is 0 Å². The number of rotatable bonds is 3. The van der Waals surface area contributed by atoms with Crippen molar-refractivity contribution in [2.45, 2.75) is 70.4 Å². The van der Waals surface area contributed by atoms with E-state index in [-0.39, 0.29) is 0 Å². The molecule has 130 valence electrons. The molecule has 6 heteroatoms. The standard InChI is InChI=1S/C17H27NO5/c1-16(2,3)23-15(21)18(22,10-14(19)20)17-7-11-4-12(8-17)6-13(5-11)9-17/h11-13,22H,4-10H2,1-3H3/p+1. The minimum Gasteiger partial charge on any atom is -0.477 e. The summed E-state index contributed by atoms with van der Waals surface area (Å²) < 4.78 is 4.32.